The molecule has 4 heterocycles. The molecule has 1 aromatic carbocycles. The maximum absolute atomic E-state index is 13.6. The van der Waals surface area contributed by atoms with Gasteiger partial charge < -0.3 is 0 Å². The second-order valence-corrected chi connectivity index (χ2v) is 24.7. The molecular formula is C32H42N2O4Sn. The number of benzene rings is 1. The molecule has 7 heteroatoms. The summed E-state index contributed by atoms with van der Waals surface area (Å²) >= 11 is -2.74. The van der Waals surface area contributed by atoms with Crippen molar-refractivity contribution in [1.82, 2.24) is 9.55 Å². The number of fused-ring (bicyclic) bond motifs is 5. The van der Waals surface area contributed by atoms with Gasteiger partial charge in [0.15, 0.2) is 0 Å². The molecule has 0 spiro atoms. The van der Waals surface area contributed by atoms with Gasteiger partial charge in [-0.25, -0.2) is 0 Å². The zero-order chi connectivity index (χ0) is 27.8. The average molecular weight is 637 g/mol. The first-order chi connectivity index (χ1) is 18.8. The van der Waals surface area contributed by atoms with Gasteiger partial charge in [-0.3, -0.25) is 0 Å². The molecule has 0 fully saturated rings. The normalized spacial score (nSPS) is 18.1. The van der Waals surface area contributed by atoms with E-state index in [-0.39, 0.29) is 18.6 Å². The third-order valence-electron chi connectivity index (χ3n) is 9.15. The Labute approximate surface area is 235 Å². The van der Waals surface area contributed by atoms with Gasteiger partial charge in [0.2, 0.25) is 0 Å². The van der Waals surface area contributed by atoms with E-state index in [9.17, 15) is 14.7 Å². The Hall–Kier alpha value is -2.19. The topological polar surface area (TPSA) is 81.4 Å². The molecule has 208 valence electrons. The number of aromatic nitrogens is 2. The summed E-state index contributed by atoms with van der Waals surface area (Å²) in [7, 11) is 0. The van der Waals surface area contributed by atoms with Crippen molar-refractivity contribution in [2.24, 2.45) is 0 Å². The van der Waals surface area contributed by atoms with Gasteiger partial charge in [-0.1, -0.05) is 0 Å². The van der Waals surface area contributed by atoms with Gasteiger partial charge in [0, 0.05) is 0 Å². The van der Waals surface area contributed by atoms with Crippen LogP contribution in [-0.2, 0) is 28.3 Å². The molecule has 0 bridgehead atoms. The van der Waals surface area contributed by atoms with Crippen LogP contribution in [0.1, 0.15) is 89.3 Å². The summed E-state index contributed by atoms with van der Waals surface area (Å²) in [6, 6.07) is 10.8. The van der Waals surface area contributed by atoms with Crippen LogP contribution in [0, 0.1) is 0 Å². The predicted octanol–water partition coefficient (Wildman–Crippen LogP) is 6.14. The van der Waals surface area contributed by atoms with Gasteiger partial charge >= 0.3 is 236 Å². The van der Waals surface area contributed by atoms with Crippen molar-refractivity contribution in [1.29, 1.82) is 0 Å². The molecule has 1 atom stereocenters. The number of ether oxygens (including phenoxy) is 1. The molecule has 0 radical (unpaired) electrons. The fourth-order valence-electron chi connectivity index (χ4n) is 6.79. The first-order valence-corrected chi connectivity index (χ1v) is 22.4. The molecule has 5 rings (SSSR count). The standard InChI is InChI=1S/C20H15N2O4.3C4H9.Sn/c1-2-20(25)14-8-16-17-12(7-11-5-3-4-6-15(11)21-17)9-22(16)18(23)13(14)10-26-19(20)24;3*1-3-4-2;/h3-4,6-8,25H,2,9-10H2,1H3;3*1,3-4H2,2H3;/t20-;;;;/m0..../s1. The van der Waals surface area contributed by atoms with Crippen LogP contribution in [0.15, 0.2) is 35.1 Å². The SMILES string of the molecule is CCC[CH2][Sn]([CH2]CCC)([CH2]CCC)[c]1cccc2nc3c(cc12)Cn1c-3cc2c(c1=O)COC(=O)[C@]2(O)CC. The number of hydrogen-bond donors (Lipinski definition) is 1. The van der Waals surface area contributed by atoms with E-state index < -0.39 is 29.9 Å². The number of cyclic esters (lactones) is 1. The summed E-state index contributed by atoms with van der Waals surface area (Å²) in [5.41, 5.74) is 2.23. The maximum atomic E-state index is 13.6. The Morgan fingerprint density at radius 3 is 2.28 bits per heavy atom. The number of rotatable bonds is 11. The van der Waals surface area contributed by atoms with Gasteiger partial charge in [-0.05, 0) is 0 Å². The van der Waals surface area contributed by atoms with Gasteiger partial charge in [-0.2, -0.15) is 0 Å². The zero-order valence-corrected chi connectivity index (χ0v) is 26.8. The van der Waals surface area contributed by atoms with E-state index >= 15 is 0 Å². The summed E-state index contributed by atoms with van der Waals surface area (Å²) < 4.78 is 12.7. The summed E-state index contributed by atoms with van der Waals surface area (Å²) in [5, 5.41) is 12.5. The van der Waals surface area contributed by atoms with E-state index in [2.05, 4.69) is 45.0 Å². The fraction of sp³-hybridized carbons (Fsp3) is 0.531. The van der Waals surface area contributed by atoms with E-state index in [4.69, 9.17) is 9.72 Å². The molecule has 3 aromatic rings. The third-order valence-corrected chi connectivity index (χ3v) is 24.9. The van der Waals surface area contributed by atoms with E-state index in [0.29, 0.717) is 23.4 Å². The van der Waals surface area contributed by atoms with E-state index in [0.717, 1.165) is 16.8 Å². The van der Waals surface area contributed by atoms with E-state index in [1.807, 2.05) is 6.07 Å². The van der Waals surface area contributed by atoms with E-state index in [1.165, 1.54) is 57.2 Å². The van der Waals surface area contributed by atoms with Crippen LogP contribution in [0.25, 0.3) is 22.3 Å². The first-order valence-electron chi connectivity index (χ1n) is 14.9. The monoisotopic (exact) mass is 638 g/mol. The first kappa shape index (κ1) is 28.3. The van der Waals surface area contributed by atoms with Gasteiger partial charge in [0.05, 0.1) is 0 Å². The molecule has 2 aromatic heterocycles. The van der Waals surface area contributed by atoms with Crippen LogP contribution in [0.5, 0.6) is 0 Å². The molecule has 2 aliphatic heterocycles. The molecule has 0 unspecified atom stereocenters. The molecule has 0 saturated heterocycles. The van der Waals surface area contributed by atoms with E-state index in [1.54, 1.807) is 15.1 Å². The van der Waals surface area contributed by atoms with Gasteiger partial charge in [0.25, 0.3) is 0 Å². The number of carbonyl (C=O) groups excluding carboxylic acids is 1. The summed E-state index contributed by atoms with van der Waals surface area (Å²) in [4.78, 5) is 31.3. The minimum absolute atomic E-state index is 0.102. The number of unbranched alkanes of at least 4 members (excludes halogenated alkanes) is 3. The molecule has 1 N–H and O–H groups in total. The number of carbonyl (C=O) groups is 1. The van der Waals surface area contributed by atoms with Crippen LogP contribution in [0.4, 0.5) is 0 Å². The average Bonchev–Trinajstić information content (AvgIpc) is 3.31. The Balaban J connectivity index is 1.68. The van der Waals surface area contributed by atoms with Crippen molar-refractivity contribution < 1.29 is 14.6 Å². The molecule has 39 heavy (non-hydrogen) atoms. The van der Waals surface area contributed by atoms with Crippen molar-refractivity contribution in [2.75, 3.05) is 0 Å². The van der Waals surface area contributed by atoms with Crippen LogP contribution in [-0.4, -0.2) is 39.0 Å². The van der Waals surface area contributed by atoms with Crippen molar-refractivity contribution in [3.8, 4) is 11.4 Å². The molecule has 6 nitrogen and oxygen atoms in total. The zero-order valence-electron chi connectivity index (χ0n) is 23.9. The second kappa shape index (κ2) is 11.4. The van der Waals surface area contributed by atoms with Gasteiger partial charge in [0.1, 0.15) is 0 Å². The number of nitrogens with zero attached hydrogens (tertiary/aromatic N) is 2. The van der Waals surface area contributed by atoms with Crippen LogP contribution >= 0.6 is 0 Å². The second-order valence-electron chi connectivity index (χ2n) is 11.6. The summed E-state index contributed by atoms with van der Waals surface area (Å²) in [5.74, 6) is -0.689. The van der Waals surface area contributed by atoms with Crippen molar-refractivity contribution in [2.45, 2.75) is 105 Å². The quantitative estimate of drug-likeness (QED) is 0.158. The number of esters is 1. The van der Waals surface area contributed by atoms with Crippen molar-refractivity contribution >= 4 is 38.8 Å². The van der Waals surface area contributed by atoms with Gasteiger partial charge in [-0.15, -0.1) is 0 Å². The number of pyridine rings is 2. The minimum atomic E-state index is -2.74. The van der Waals surface area contributed by atoms with Crippen LogP contribution in [0.3, 0.4) is 0 Å². The molecule has 2 aliphatic rings. The summed E-state index contributed by atoms with van der Waals surface area (Å²) in [6.45, 7) is 9.00. The molecule has 0 aliphatic carbocycles. The van der Waals surface area contributed by atoms with Crippen LogP contribution < -0.4 is 9.14 Å². The number of aliphatic hydroxyl groups is 1. The summed E-state index contributed by atoms with van der Waals surface area (Å²) in [6.07, 6.45) is 7.73. The predicted molar refractivity (Wildman–Crippen MR) is 159 cm³/mol. The van der Waals surface area contributed by atoms with Crippen molar-refractivity contribution in [3.63, 3.8) is 0 Å². The Morgan fingerprint density at radius 2 is 1.67 bits per heavy atom. The third kappa shape index (κ3) is 4.75. The molecule has 0 saturated carbocycles. The van der Waals surface area contributed by atoms with Crippen molar-refractivity contribution in [3.05, 3.63) is 57.4 Å². The molecular weight excluding hydrogens is 595 g/mol. The fourth-order valence-corrected chi connectivity index (χ4v) is 23.5. The Morgan fingerprint density at radius 1 is 1.00 bits per heavy atom. The number of hydrogen-bond acceptors (Lipinski definition) is 5. The molecule has 0 amide bonds. The van der Waals surface area contributed by atoms with Crippen LogP contribution in [0.2, 0.25) is 13.3 Å². The Kier molecular flexibility index (Phi) is 8.25. The Bertz CT molecular complexity index is 1440.